The number of alkyl halides is 3. The quantitative estimate of drug-likeness (QED) is 0.805. The van der Waals surface area contributed by atoms with E-state index in [2.05, 4.69) is 0 Å². The summed E-state index contributed by atoms with van der Waals surface area (Å²) in [6, 6.07) is 6.22. The van der Waals surface area contributed by atoms with Gasteiger partial charge in [-0.2, -0.15) is 13.2 Å². The monoisotopic (exact) mass is 292 g/mol. The zero-order valence-corrected chi connectivity index (χ0v) is 10.5. The third kappa shape index (κ3) is 6.05. The molecule has 0 aliphatic carbocycles. The van der Waals surface area contributed by atoms with Crippen molar-refractivity contribution < 1.29 is 22.7 Å². The first kappa shape index (κ1) is 15.2. The van der Waals surface area contributed by atoms with Crippen molar-refractivity contribution in [2.24, 2.45) is 5.73 Å². The summed E-state index contributed by atoms with van der Waals surface area (Å²) in [5.74, 6) is -0.516. The van der Waals surface area contributed by atoms with Crippen LogP contribution in [0.2, 0.25) is 0 Å². The predicted molar refractivity (Wildman–Crippen MR) is 66.9 cm³/mol. The lowest BCUT2D eigenvalue weighted by atomic mass is 10.2. The fourth-order valence-corrected chi connectivity index (χ4v) is 1.25. The fraction of sp³-hybridized carbons (Fsp3) is 0.273. The highest BCUT2D eigenvalue weighted by Crippen LogP contribution is 2.13. The summed E-state index contributed by atoms with van der Waals surface area (Å²) < 4.78 is 40.5. The van der Waals surface area contributed by atoms with Crippen molar-refractivity contribution in [2.75, 3.05) is 13.2 Å². The third-order valence-corrected chi connectivity index (χ3v) is 2.23. The van der Waals surface area contributed by atoms with E-state index in [1.165, 1.54) is 12.1 Å². The number of nitrogens with two attached hydrogens (primary N) is 1. The van der Waals surface area contributed by atoms with Gasteiger partial charge in [-0.05, 0) is 24.3 Å². The van der Waals surface area contributed by atoms with E-state index >= 15 is 0 Å². The Morgan fingerprint density at radius 3 is 2.37 bits per heavy atom. The van der Waals surface area contributed by atoms with E-state index in [1.807, 2.05) is 0 Å². The van der Waals surface area contributed by atoms with Gasteiger partial charge in [0, 0.05) is 5.56 Å². The number of rotatable bonds is 5. The molecule has 4 nitrogen and oxygen atoms in total. The van der Waals surface area contributed by atoms with Crippen LogP contribution in [0.3, 0.4) is 0 Å². The number of amides is 1. The predicted octanol–water partition coefficient (Wildman–Crippen LogP) is 1.38. The summed E-state index contributed by atoms with van der Waals surface area (Å²) in [7, 11) is 0. The molecule has 0 saturated heterocycles. The van der Waals surface area contributed by atoms with Crippen molar-refractivity contribution in [1.82, 2.24) is 5.32 Å². The summed E-state index contributed by atoms with van der Waals surface area (Å²) in [6.45, 7) is -1.88. The summed E-state index contributed by atoms with van der Waals surface area (Å²) in [5.41, 5.74) is 6.01. The fourth-order valence-electron chi connectivity index (χ4n) is 1.11. The maximum absolute atomic E-state index is 11.8. The molecular weight excluding hydrogens is 281 g/mol. The average Bonchev–Trinajstić information content (AvgIpc) is 2.33. The van der Waals surface area contributed by atoms with Crippen molar-refractivity contribution in [3.05, 3.63) is 29.8 Å². The van der Waals surface area contributed by atoms with Crippen LogP contribution >= 0.6 is 12.2 Å². The van der Waals surface area contributed by atoms with E-state index in [0.717, 1.165) is 0 Å². The Kier molecular flexibility index (Phi) is 5.11. The average molecular weight is 292 g/mol. The number of halogens is 3. The van der Waals surface area contributed by atoms with Gasteiger partial charge < -0.3 is 15.8 Å². The van der Waals surface area contributed by atoms with Gasteiger partial charge in [-0.25, -0.2) is 0 Å². The molecule has 19 heavy (non-hydrogen) atoms. The third-order valence-electron chi connectivity index (χ3n) is 1.99. The van der Waals surface area contributed by atoms with E-state index < -0.39 is 25.2 Å². The van der Waals surface area contributed by atoms with E-state index in [9.17, 15) is 18.0 Å². The van der Waals surface area contributed by atoms with Gasteiger partial charge in [0.1, 0.15) is 17.3 Å². The normalized spacial score (nSPS) is 10.9. The van der Waals surface area contributed by atoms with Crippen LogP contribution in [0.25, 0.3) is 0 Å². The molecule has 1 aromatic rings. The molecule has 0 fully saturated rings. The summed E-state index contributed by atoms with van der Waals surface area (Å²) in [6.07, 6.45) is -4.44. The molecule has 3 N–H and O–H groups in total. The van der Waals surface area contributed by atoms with Gasteiger partial charge in [0.05, 0.1) is 0 Å². The lowest BCUT2D eigenvalue weighted by Crippen LogP contribution is -2.36. The molecular formula is C11H11F3N2O2S. The van der Waals surface area contributed by atoms with Crippen molar-refractivity contribution >= 4 is 23.1 Å². The maximum Gasteiger partial charge on any atom is 0.405 e. The molecule has 8 heteroatoms. The number of thiocarbonyl (C=S) groups is 1. The summed E-state index contributed by atoms with van der Waals surface area (Å²) >= 11 is 4.75. The molecule has 0 unspecified atom stereocenters. The van der Waals surface area contributed by atoms with E-state index in [-0.39, 0.29) is 4.99 Å². The van der Waals surface area contributed by atoms with Crippen molar-refractivity contribution in [2.45, 2.75) is 6.18 Å². The molecule has 0 spiro atoms. The number of nitrogens with one attached hydrogen (secondary N) is 1. The van der Waals surface area contributed by atoms with Crippen LogP contribution in [-0.4, -0.2) is 30.2 Å². The van der Waals surface area contributed by atoms with Gasteiger partial charge in [0.15, 0.2) is 6.61 Å². The highest BCUT2D eigenvalue weighted by Gasteiger charge is 2.27. The molecule has 1 aromatic carbocycles. The second-order valence-corrected chi connectivity index (χ2v) is 4.01. The molecule has 0 aliphatic rings. The molecule has 1 rings (SSSR count). The van der Waals surface area contributed by atoms with Gasteiger partial charge in [-0.1, -0.05) is 12.2 Å². The molecule has 0 heterocycles. The second-order valence-electron chi connectivity index (χ2n) is 3.57. The molecule has 0 aliphatic heterocycles. The minimum absolute atomic E-state index is 0.217. The van der Waals surface area contributed by atoms with Crippen LogP contribution in [0.4, 0.5) is 13.2 Å². The van der Waals surface area contributed by atoms with E-state index in [4.69, 9.17) is 22.7 Å². The van der Waals surface area contributed by atoms with Crippen LogP contribution in [0.5, 0.6) is 5.75 Å². The molecule has 1 amide bonds. The zero-order chi connectivity index (χ0) is 14.5. The topological polar surface area (TPSA) is 64.3 Å². The molecule has 0 atom stereocenters. The number of ether oxygens (including phenoxy) is 1. The standard InChI is InChI=1S/C11H11F3N2O2S/c12-11(13,14)6-16-9(17)5-18-8-3-1-7(2-4-8)10(15)19/h1-4H,5-6H2,(H2,15,19)(H,16,17). The first-order valence-corrected chi connectivity index (χ1v) is 5.55. The molecule has 0 radical (unpaired) electrons. The van der Waals surface area contributed by atoms with E-state index in [1.54, 1.807) is 17.4 Å². The highest BCUT2D eigenvalue weighted by atomic mass is 32.1. The molecule has 104 valence electrons. The Morgan fingerprint density at radius 1 is 1.32 bits per heavy atom. The van der Waals surface area contributed by atoms with Crippen LogP contribution < -0.4 is 15.8 Å². The van der Waals surface area contributed by atoms with Crippen LogP contribution in [0, 0.1) is 0 Å². The summed E-state index contributed by atoms with van der Waals surface area (Å²) in [4.78, 5) is 11.3. The molecule has 0 saturated carbocycles. The zero-order valence-electron chi connectivity index (χ0n) is 9.66. The number of benzene rings is 1. The Balaban J connectivity index is 2.40. The Labute approximate surface area is 112 Å². The van der Waals surface area contributed by atoms with Gasteiger partial charge in [0.25, 0.3) is 5.91 Å². The first-order valence-electron chi connectivity index (χ1n) is 5.14. The number of carbonyl (C=O) groups is 1. The maximum atomic E-state index is 11.8. The smallest absolute Gasteiger partial charge is 0.405 e. The number of hydrogen-bond acceptors (Lipinski definition) is 3. The Morgan fingerprint density at radius 2 is 1.89 bits per heavy atom. The van der Waals surface area contributed by atoms with Crippen molar-refractivity contribution in [1.29, 1.82) is 0 Å². The van der Waals surface area contributed by atoms with Gasteiger partial charge in [0.2, 0.25) is 0 Å². The Hall–Kier alpha value is -1.83. The van der Waals surface area contributed by atoms with E-state index in [0.29, 0.717) is 11.3 Å². The largest absolute Gasteiger partial charge is 0.484 e. The minimum Gasteiger partial charge on any atom is -0.484 e. The highest BCUT2D eigenvalue weighted by molar-refractivity contribution is 7.80. The van der Waals surface area contributed by atoms with Crippen molar-refractivity contribution in [3.8, 4) is 5.75 Å². The lowest BCUT2D eigenvalue weighted by Gasteiger charge is -2.09. The number of hydrogen-bond donors (Lipinski definition) is 2. The van der Waals surface area contributed by atoms with Crippen LogP contribution in [0.1, 0.15) is 5.56 Å². The second kappa shape index (κ2) is 6.37. The van der Waals surface area contributed by atoms with Gasteiger partial charge in [-0.15, -0.1) is 0 Å². The molecule has 0 bridgehead atoms. The number of carbonyl (C=O) groups excluding carboxylic acids is 1. The SMILES string of the molecule is NC(=S)c1ccc(OCC(=O)NCC(F)(F)F)cc1. The molecule has 0 aromatic heterocycles. The van der Waals surface area contributed by atoms with Crippen LogP contribution in [-0.2, 0) is 4.79 Å². The lowest BCUT2D eigenvalue weighted by molar-refractivity contribution is -0.139. The minimum atomic E-state index is -4.44. The van der Waals surface area contributed by atoms with Gasteiger partial charge >= 0.3 is 6.18 Å². The van der Waals surface area contributed by atoms with Crippen molar-refractivity contribution in [3.63, 3.8) is 0 Å². The summed E-state index contributed by atoms with van der Waals surface area (Å²) in [5, 5.41) is 1.69. The van der Waals surface area contributed by atoms with Crippen LogP contribution in [0.15, 0.2) is 24.3 Å². The first-order chi connectivity index (χ1) is 8.78. The Bertz CT molecular complexity index is 460. The van der Waals surface area contributed by atoms with Gasteiger partial charge in [-0.3, -0.25) is 4.79 Å².